The van der Waals surface area contributed by atoms with Crippen molar-refractivity contribution in [3.05, 3.63) is 49.2 Å². The SMILES string of the molecule is CC(C)(C)c1nc(Cn2cc(Br)ccc2=O)cs1. The number of rotatable bonds is 2. The molecule has 2 aromatic rings. The summed E-state index contributed by atoms with van der Waals surface area (Å²) in [5.41, 5.74) is 0.985. The number of pyridine rings is 1. The molecule has 0 spiro atoms. The summed E-state index contributed by atoms with van der Waals surface area (Å²) >= 11 is 5.02. The average molecular weight is 327 g/mol. The second-order valence-corrected chi connectivity index (χ2v) is 6.98. The van der Waals surface area contributed by atoms with Gasteiger partial charge in [-0.3, -0.25) is 4.79 Å². The monoisotopic (exact) mass is 326 g/mol. The van der Waals surface area contributed by atoms with Gasteiger partial charge in [0.15, 0.2) is 0 Å². The molecule has 0 unspecified atom stereocenters. The van der Waals surface area contributed by atoms with Crippen LogP contribution in [0.15, 0.2) is 33.0 Å². The third kappa shape index (κ3) is 3.09. The maximum atomic E-state index is 11.7. The first-order chi connectivity index (χ1) is 8.36. The summed E-state index contributed by atoms with van der Waals surface area (Å²) in [4.78, 5) is 16.3. The minimum absolute atomic E-state index is 0.0106. The number of halogens is 1. The lowest BCUT2D eigenvalue weighted by Crippen LogP contribution is -2.19. The first-order valence-electron chi connectivity index (χ1n) is 5.67. The number of hydrogen-bond acceptors (Lipinski definition) is 3. The molecule has 0 aromatic carbocycles. The Kier molecular flexibility index (Phi) is 3.73. The quantitative estimate of drug-likeness (QED) is 0.847. The molecule has 0 saturated carbocycles. The average Bonchev–Trinajstić information content (AvgIpc) is 2.71. The standard InChI is InChI=1S/C13H15BrN2OS/c1-13(2,3)12-15-10(8-18-12)7-16-6-9(14)4-5-11(16)17/h4-6,8H,7H2,1-3H3. The summed E-state index contributed by atoms with van der Waals surface area (Å²) in [5, 5.41) is 3.12. The van der Waals surface area contributed by atoms with E-state index in [1.165, 1.54) is 0 Å². The van der Waals surface area contributed by atoms with Crippen molar-refractivity contribution in [1.82, 2.24) is 9.55 Å². The van der Waals surface area contributed by atoms with Crippen molar-refractivity contribution in [3.63, 3.8) is 0 Å². The molecule has 0 aliphatic rings. The Balaban J connectivity index is 2.27. The van der Waals surface area contributed by atoms with E-state index in [0.717, 1.165) is 15.2 Å². The van der Waals surface area contributed by atoms with Crippen LogP contribution >= 0.6 is 27.3 Å². The zero-order chi connectivity index (χ0) is 13.3. The Morgan fingerprint density at radius 2 is 2.11 bits per heavy atom. The molecule has 0 amide bonds. The maximum absolute atomic E-state index is 11.7. The molecule has 0 atom stereocenters. The molecular weight excluding hydrogens is 312 g/mol. The van der Waals surface area contributed by atoms with E-state index in [9.17, 15) is 4.79 Å². The molecule has 0 aliphatic heterocycles. The van der Waals surface area contributed by atoms with Crippen LogP contribution in [-0.4, -0.2) is 9.55 Å². The number of aromatic nitrogens is 2. The highest BCUT2D eigenvalue weighted by molar-refractivity contribution is 9.10. The second-order valence-electron chi connectivity index (χ2n) is 5.21. The van der Waals surface area contributed by atoms with Gasteiger partial charge in [0.1, 0.15) is 0 Å². The largest absolute Gasteiger partial charge is 0.308 e. The molecule has 0 radical (unpaired) electrons. The van der Waals surface area contributed by atoms with Gasteiger partial charge in [-0.2, -0.15) is 0 Å². The molecule has 2 rings (SSSR count). The van der Waals surface area contributed by atoms with Crippen LogP contribution in [0.1, 0.15) is 31.5 Å². The summed E-state index contributed by atoms with van der Waals surface area (Å²) in [5.74, 6) is 0. The Hall–Kier alpha value is -0.940. The molecule has 0 aliphatic carbocycles. The van der Waals surface area contributed by atoms with Crippen LogP contribution in [0.2, 0.25) is 0 Å². The van der Waals surface area contributed by atoms with Crippen LogP contribution in [0.3, 0.4) is 0 Å². The van der Waals surface area contributed by atoms with Gasteiger partial charge in [-0.05, 0) is 22.0 Å². The van der Waals surface area contributed by atoms with Crippen molar-refractivity contribution < 1.29 is 0 Å². The van der Waals surface area contributed by atoms with Crippen LogP contribution in [0, 0.1) is 0 Å². The van der Waals surface area contributed by atoms with E-state index in [-0.39, 0.29) is 11.0 Å². The van der Waals surface area contributed by atoms with E-state index in [1.807, 2.05) is 5.38 Å². The van der Waals surface area contributed by atoms with Gasteiger partial charge in [-0.25, -0.2) is 4.98 Å². The fourth-order valence-electron chi connectivity index (χ4n) is 1.52. The third-order valence-corrected chi connectivity index (χ3v) is 4.26. The molecule has 2 aromatic heterocycles. The van der Waals surface area contributed by atoms with Crippen molar-refractivity contribution in [1.29, 1.82) is 0 Å². The molecule has 0 saturated heterocycles. The molecule has 18 heavy (non-hydrogen) atoms. The highest BCUT2D eigenvalue weighted by Crippen LogP contribution is 2.25. The topological polar surface area (TPSA) is 34.9 Å². The Bertz CT molecular complexity index is 610. The lowest BCUT2D eigenvalue weighted by Gasteiger charge is -2.13. The van der Waals surface area contributed by atoms with Crippen LogP contribution < -0.4 is 5.56 Å². The number of hydrogen-bond donors (Lipinski definition) is 0. The first-order valence-corrected chi connectivity index (χ1v) is 7.34. The van der Waals surface area contributed by atoms with Crippen LogP contribution in [0.4, 0.5) is 0 Å². The van der Waals surface area contributed by atoms with Crippen molar-refractivity contribution >= 4 is 27.3 Å². The fraction of sp³-hybridized carbons (Fsp3) is 0.385. The summed E-state index contributed by atoms with van der Waals surface area (Å²) in [6, 6.07) is 3.31. The van der Waals surface area contributed by atoms with Gasteiger partial charge in [-0.1, -0.05) is 20.8 Å². The van der Waals surface area contributed by atoms with Crippen LogP contribution in [0.25, 0.3) is 0 Å². The molecule has 96 valence electrons. The van der Waals surface area contributed by atoms with Gasteiger partial charge in [0.05, 0.1) is 17.2 Å². The Morgan fingerprint density at radius 3 is 2.72 bits per heavy atom. The van der Waals surface area contributed by atoms with Crippen LogP contribution in [-0.2, 0) is 12.0 Å². The van der Waals surface area contributed by atoms with Crippen LogP contribution in [0.5, 0.6) is 0 Å². The van der Waals surface area contributed by atoms with Gasteiger partial charge in [0, 0.05) is 27.5 Å². The molecule has 0 fully saturated rings. The summed E-state index contributed by atoms with van der Waals surface area (Å²) < 4.78 is 2.55. The minimum Gasteiger partial charge on any atom is -0.308 e. The van der Waals surface area contributed by atoms with Gasteiger partial charge >= 0.3 is 0 Å². The van der Waals surface area contributed by atoms with E-state index >= 15 is 0 Å². The van der Waals surface area contributed by atoms with Gasteiger partial charge < -0.3 is 4.57 Å². The highest BCUT2D eigenvalue weighted by Gasteiger charge is 2.18. The Morgan fingerprint density at radius 1 is 1.39 bits per heavy atom. The van der Waals surface area contributed by atoms with Crippen molar-refractivity contribution in [2.75, 3.05) is 0 Å². The molecule has 0 bridgehead atoms. The van der Waals surface area contributed by atoms with Crippen molar-refractivity contribution in [3.8, 4) is 0 Å². The Labute approximate surface area is 119 Å². The van der Waals surface area contributed by atoms with E-state index in [2.05, 4.69) is 41.7 Å². The molecule has 0 N–H and O–H groups in total. The zero-order valence-electron chi connectivity index (χ0n) is 10.6. The fourth-order valence-corrected chi connectivity index (χ4v) is 2.80. The third-order valence-electron chi connectivity index (χ3n) is 2.47. The maximum Gasteiger partial charge on any atom is 0.250 e. The molecule has 5 heteroatoms. The molecule has 3 nitrogen and oxygen atoms in total. The summed E-state index contributed by atoms with van der Waals surface area (Å²) in [6.45, 7) is 6.94. The second kappa shape index (κ2) is 4.97. The normalized spacial score (nSPS) is 11.8. The van der Waals surface area contributed by atoms with E-state index in [4.69, 9.17) is 0 Å². The lowest BCUT2D eigenvalue weighted by atomic mass is 9.98. The summed E-state index contributed by atoms with van der Waals surface area (Å²) in [7, 11) is 0. The smallest absolute Gasteiger partial charge is 0.250 e. The van der Waals surface area contributed by atoms with Crippen molar-refractivity contribution in [2.45, 2.75) is 32.7 Å². The van der Waals surface area contributed by atoms with E-state index < -0.39 is 0 Å². The van der Waals surface area contributed by atoms with E-state index in [0.29, 0.717) is 6.54 Å². The van der Waals surface area contributed by atoms with Gasteiger partial charge in [0.25, 0.3) is 5.56 Å². The number of thiazole rings is 1. The lowest BCUT2D eigenvalue weighted by molar-refractivity contribution is 0.581. The summed E-state index contributed by atoms with van der Waals surface area (Å²) in [6.07, 6.45) is 1.79. The highest BCUT2D eigenvalue weighted by atomic mass is 79.9. The van der Waals surface area contributed by atoms with E-state index in [1.54, 1.807) is 34.2 Å². The molecule has 2 heterocycles. The first kappa shape index (κ1) is 13.5. The predicted molar refractivity (Wildman–Crippen MR) is 78.3 cm³/mol. The zero-order valence-corrected chi connectivity index (χ0v) is 13.0. The van der Waals surface area contributed by atoms with Gasteiger partial charge in [-0.15, -0.1) is 11.3 Å². The van der Waals surface area contributed by atoms with Gasteiger partial charge in [0.2, 0.25) is 0 Å². The minimum atomic E-state index is -0.0106. The van der Waals surface area contributed by atoms with Crippen molar-refractivity contribution in [2.24, 2.45) is 0 Å². The number of nitrogens with zero attached hydrogens (tertiary/aromatic N) is 2. The predicted octanol–water partition coefficient (Wildman–Crippen LogP) is 3.41. The molecular formula is C13H15BrN2OS.